The predicted octanol–water partition coefficient (Wildman–Crippen LogP) is 3.16. The van der Waals surface area contributed by atoms with E-state index in [9.17, 15) is 4.79 Å². The van der Waals surface area contributed by atoms with E-state index >= 15 is 0 Å². The van der Waals surface area contributed by atoms with Gasteiger partial charge in [-0.05, 0) is 55.8 Å². The molecule has 136 valence electrons. The van der Waals surface area contributed by atoms with Crippen molar-refractivity contribution in [2.45, 2.75) is 19.4 Å². The molecule has 1 unspecified atom stereocenters. The van der Waals surface area contributed by atoms with E-state index in [0.29, 0.717) is 16.8 Å². The Bertz CT molecular complexity index is 1200. The van der Waals surface area contributed by atoms with Crippen LogP contribution in [0.25, 0.3) is 27.9 Å². The van der Waals surface area contributed by atoms with Crippen molar-refractivity contribution in [2.75, 3.05) is 13.1 Å². The Morgan fingerprint density at radius 1 is 1.26 bits per heavy atom. The molecule has 27 heavy (non-hydrogen) atoms. The van der Waals surface area contributed by atoms with Gasteiger partial charge in [0.15, 0.2) is 0 Å². The smallest absolute Gasteiger partial charge is 0.345 e. The molecule has 0 bridgehead atoms. The van der Waals surface area contributed by atoms with Crippen LogP contribution < -0.4 is 15.7 Å². The summed E-state index contributed by atoms with van der Waals surface area (Å²) < 4.78 is 13.4. The Labute approximate surface area is 155 Å². The highest BCUT2D eigenvalue weighted by Crippen LogP contribution is 2.25. The van der Waals surface area contributed by atoms with Gasteiger partial charge in [-0.2, -0.15) is 0 Å². The summed E-state index contributed by atoms with van der Waals surface area (Å²) in [6.45, 7) is 3.82. The van der Waals surface area contributed by atoms with Crippen LogP contribution in [0, 0.1) is 6.92 Å². The van der Waals surface area contributed by atoms with Gasteiger partial charge in [-0.3, -0.25) is 0 Å². The first-order chi connectivity index (χ1) is 13.2. The van der Waals surface area contributed by atoms with E-state index in [-0.39, 0.29) is 6.10 Å². The Morgan fingerprint density at radius 2 is 2.19 bits per heavy atom. The molecule has 1 atom stereocenters. The van der Waals surface area contributed by atoms with Crippen LogP contribution in [0.4, 0.5) is 0 Å². The average Bonchev–Trinajstić information content (AvgIpc) is 3.30. The molecule has 4 heterocycles. The molecule has 1 N–H and O–H groups in total. The third-order valence-electron chi connectivity index (χ3n) is 4.92. The van der Waals surface area contributed by atoms with Crippen molar-refractivity contribution in [1.82, 2.24) is 14.7 Å². The summed E-state index contributed by atoms with van der Waals surface area (Å²) in [5.41, 5.74) is 3.11. The maximum absolute atomic E-state index is 12.6. The number of nitrogens with zero attached hydrogens (tertiary/aromatic N) is 2. The van der Waals surface area contributed by atoms with E-state index in [0.717, 1.165) is 41.9 Å². The van der Waals surface area contributed by atoms with Gasteiger partial charge < -0.3 is 18.9 Å². The maximum Gasteiger partial charge on any atom is 0.345 e. The van der Waals surface area contributed by atoms with E-state index < -0.39 is 5.63 Å². The number of fused-ring (bicyclic) bond motifs is 2. The van der Waals surface area contributed by atoms with Crippen LogP contribution in [0.1, 0.15) is 12.0 Å². The molecule has 0 radical (unpaired) electrons. The van der Waals surface area contributed by atoms with Crippen molar-refractivity contribution in [3.8, 4) is 17.0 Å². The zero-order valence-corrected chi connectivity index (χ0v) is 14.9. The van der Waals surface area contributed by atoms with Crippen molar-refractivity contribution in [3.05, 3.63) is 64.8 Å². The van der Waals surface area contributed by atoms with E-state index in [2.05, 4.69) is 10.3 Å². The van der Waals surface area contributed by atoms with Gasteiger partial charge in [0.2, 0.25) is 0 Å². The van der Waals surface area contributed by atoms with Crippen LogP contribution in [0.2, 0.25) is 0 Å². The number of hydrogen-bond donors (Lipinski definition) is 1. The molecule has 0 saturated carbocycles. The Kier molecular flexibility index (Phi) is 3.72. The molecule has 1 aliphatic heterocycles. The highest BCUT2D eigenvalue weighted by atomic mass is 16.5. The van der Waals surface area contributed by atoms with Crippen molar-refractivity contribution >= 4 is 16.6 Å². The standard InChI is InChI=1S/C21H19N3O3/c1-13-5-7-24-12-18(23-20(24)8-13)17-9-14-2-3-15(10-19(14)27-21(17)25)26-16-4-6-22-11-16/h2-3,5,7-10,12,16,22H,4,6,11H2,1H3. The molecule has 0 aliphatic carbocycles. The van der Waals surface area contributed by atoms with Crippen LogP contribution in [0.3, 0.4) is 0 Å². The number of hydrogen-bond acceptors (Lipinski definition) is 5. The third-order valence-corrected chi connectivity index (χ3v) is 4.92. The summed E-state index contributed by atoms with van der Waals surface area (Å²) >= 11 is 0. The highest BCUT2D eigenvalue weighted by molar-refractivity contribution is 5.82. The molecule has 0 amide bonds. The number of ether oxygens (including phenoxy) is 1. The molecular formula is C21H19N3O3. The van der Waals surface area contributed by atoms with E-state index in [1.165, 1.54) is 0 Å². The first kappa shape index (κ1) is 16.1. The summed E-state index contributed by atoms with van der Waals surface area (Å²) in [5, 5.41) is 4.11. The zero-order valence-electron chi connectivity index (χ0n) is 14.9. The lowest BCUT2D eigenvalue weighted by Gasteiger charge is -2.12. The summed E-state index contributed by atoms with van der Waals surface area (Å²) in [4.78, 5) is 17.1. The number of aryl methyl sites for hydroxylation is 1. The Balaban J connectivity index is 1.54. The fourth-order valence-corrected chi connectivity index (χ4v) is 3.48. The third kappa shape index (κ3) is 2.98. The van der Waals surface area contributed by atoms with Crippen LogP contribution in [0.15, 0.2) is 58.0 Å². The second kappa shape index (κ2) is 6.25. The average molecular weight is 361 g/mol. The lowest BCUT2D eigenvalue weighted by molar-refractivity contribution is 0.223. The minimum atomic E-state index is -0.401. The SMILES string of the molecule is Cc1ccn2cc(-c3cc4ccc(OC5CCNC5)cc4oc3=O)nc2c1. The topological polar surface area (TPSA) is 68.8 Å². The Hall–Kier alpha value is -3.12. The van der Waals surface area contributed by atoms with Crippen LogP contribution in [0.5, 0.6) is 5.75 Å². The zero-order chi connectivity index (χ0) is 18.4. The summed E-state index contributed by atoms with van der Waals surface area (Å²) in [7, 11) is 0. The summed E-state index contributed by atoms with van der Waals surface area (Å²) in [5.74, 6) is 0.718. The van der Waals surface area contributed by atoms with Gasteiger partial charge in [-0.15, -0.1) is 0 Å². The van der Waals surface area contributed by atoms with E-state index in [1.54, 1.807) is 6.07 Å². The van der Waals surface area contributed by atoms with Crippen molar-refractivity contribution in [2.24, 2.45) is 0 Å². The molecular weight excluding hydrogens is 342 g/mol. The van der Waals surface area contributed by atoms with Gasteiger partial charge in [0.25, 0.3) is 0 Å². The lowest BCUT2D eigenvalue weighted by atomic mass is 10.1. The largest absolute Gasteiger partial charge is 0.489 e. The molecule has 3 aromatic heterocycles. The van der Waals surface area contributed by atoms with Gasteiger partial charge in [0.1, 0.15) is 23.1 Å². The lowest BCUT2D eigenvalue weighted by Crippen LogP contribution is -2.19. The number of aromatic nitrogens is 2. The fourth-order valence-electron chi connectivity index (χ4n) is 3.48. The molecule has 0 spiro atoms. The van der Waals surface area contributed by atoms with Gasteiger partial charge >= 0.3 is 5.63 Å². The molecule has 1 aromatic carbocycles. The first-order valence-electron chi connectivity index (χ1n) is 9.07. The molecule has 1 fully saturated rings. The number of benzene rings is 1. The normalized spacial score (nSPS) is 17.0. The van der Waals surface area contributed by atoms with E-state index in [4.69, 9.17) is 9.15 Å². The van der Waals surface area contributed by atoms with Crippen LogP contribution in [-0.4, -0.2) is 28.6 Å². The number of rotatable bonds is 3. The number of pyridine rings is 1. The minimum Gasteiger partial charge on any atom is -0.489 e. The quantitative estimate of drug-likeness (QED) is 0.568. The highest BCUT2D eigenvalue weighted by Gasteiger charge is 2.17. The number of nitrogens with one attached hydrogen (secondary N) is 1. The Morgan fingerprint density at radius 3 is 3.04 bits per heavy atom. The second-order valence-electron chi connectivity index (χ2n) is 6.98. The fraction of sp³-hybridized carbons (Fsp3) is 0.238. The minimum absolute atomic E-state index is 0.162. The molecule has 4 aromatic rings. The van der Waals surface area contributed by atoms with Gasteiger partial charge in [-0.25, -0.2) is 9.78 Å². The van der Waals surface area contributed by atoms with Crippen LogP contribution in [-0.2, 0) is 0 Å². The molecule has 6 nitrogen and oxygen atoms in total. The maximum atomic E-state index is 12.6. The molecule has 1 saturated heterocycles. The predicted molar refractivity (Wildman–Crippen MR) is 103 cm³/mol. The van der Waals surface area contributed by atoms with Crippen LogP contribution >= 0.6 is 0 Å². The van der Waals surface area contributed by atoms with Gasteiger partial charge in [0.05, 0.1) is 11.3 Å². The van der Waals surface area contributed by atoms with Crippen molar-refractivity contribution in [3.63, 3.8) is 0 Å². The van der Waals surface area contributed by atoms with Gasteiger partial charge in [0, 0.05) is 30.4 Å². The number of imidazole rings is 1. The first-order valence-corrected chi connectivity index (χ1v) is 9.07. The molecule has 5 rings (SSSR count). The second-order valence-corrected chi connectivity index (χ2v) is 6.98. The van der Waals surface area contributed by atoms with Crippen molar-refractivity contribution < 1.29 is 9.15 Å². The summed E-state index contributed by atoms with van der Waals surface area (Å²) in [6, 6.07) is 11.4. The molecule has 1 aliphatic rings. The van der Waals surface area contributed by atoms with E-state index in [1.807, 2.05) is 54.0 Å². The van der Waals surface area contributed by atoms with Gasteiger partial charge in [-0.1, -0.05) is 0 Å². The molecule has 6 heteroatoms. The summed E-state index contributed by atoms with van der Waals surface area (Å²) in [6.07, 6.45) is 4.92. The van der Waals surface area contributed by atoms with Crippen molar-refractivity contribution in [1.29, 1.82) is 0 Å². The monoisotopic (exact) mass is 361 g/mol.